The molecule has 0 N–H and O–H groups in total. The van der Waals surface area contributed by atoms with Crippen LogP contribution in [-0.4, -0.2) is 42.3 Å². The number of allylic oxidation sites excluding steroid dienone is 2. The van der Waals surface area contributed by atoms with E-state index in [0.29, 0.717) is 5.02 Å². The van der Waals surface area contributed by atoms with Crippen molar-refractivity contribution in [3.8, 4) is 0 Å². The average molecular weight is 356 g/mol. The van der Waals surface area contributed by atoms with Crippen LogP contribution in [0.4, 0.5) is 5.69 Å². The van der Waals surface area contributed by atoms with E-state index >= 15 is 0 Å². The molecule has 0 unspecified atom stereocenters. The van der Waals surface area contributed by atoms with E-state index in [1.54, 1.807) is 6.34 Å². The molecule has 1 aromatic rings. The van der Waals surface area contributed by atoms with Gasteiger partial charge in [-0.15, -0.1) is 0 Å². The van der Waals surface area contributed by atoms with Gasteiger partial charge in [0.1, 0.15) is 5.54 Å². The Morgan fingerprint density at radius 3 is 2.56 bits per heavy atom. The number of nitrogens with zero attached hydrogens (tertiary/aromatic N) is 3. The van der Waals surface area contributed by atoms with E-state index in [4.69, 9.17) is 11.6 Å². The summed E-state index contributed by atoms with van der Waals surface area (Å²) < 4.78 is 0. The molecule has 1 amide bonds. The first kappa shape index (κ1) is 16.6. The molecule has 5 heteroatoms. The van der Waals surface area contributed by atoms with Gasteiger partial charge in [0.2, 0.25) is 0 Å². The summed E-state index contributed by atoms with van der Waals surface area (Å²) >= 11 is 6.00. The Morgan fingerprint density at radius 1 is 1.12 bits per heavy atom. The van der Waals surface area contributed by atoms with Crippen molar-refractivity contribution in [3.63, 3.8) is 0 Å². The second-order valence-electron chi connectivity index (χ2n) is 6.96. The number of anilines is 1. The second-order valence-corrected chi connectivity index (χ2v) is 7.40. The maximum absolute atomic E-state index is 12.6. The number of benzene rings is 1. The maximum atomic E-state index is 12.6. The molecule has 1 spiro atoms. The van der Waals surface area contributed by atoms with Crippen LogP contribution in [0, 0.1) is 0 Å². The lowest BCUT2D eigenvalue weighted by atomic mass is 9.85. The molecular formula is C20H22ClN3O. The van der Waals surface area contributed by atoms with Crippen LogP contribution in [0.3, 0.4) is 0 Å². The zero-order valence-corrected chi connectivity index (χ0v) is 15.0. The van der Waals surface area contributed by atoms with E-state index in [1.807, 2.05) is 29.2 Å². The molecule has 4 nitrogen and oxygen atoms in total. The lowest BCUT2D eigenvalue weighted by molar-refractivity contribution is -0.123. The molecule has 4 rings (SSSR count). The van der Waals surface area contributed by atoms with E-state index in [1.165, 1.54) is 5.57 Å². The molecule has 3 aliphatic rings. The lowest BCUT2D eigenvalue weighted by Gasteiger charge is -2.43. The molecule has 0 radical (unpaired) electrons. The third-order valence-electron chi connectivity index (χ3n) is 5.42. The topological polar surface area (TPSA) is 35.9 Å². The first-order chi connectivity index (χ1) is 12.2. The van der Waals surface area contributed by atoms with E-state index in [9.17, 15) is 4.79 Å². The largest absolute Gasteiger partial charge is 0.317 e. The standard InChI is InChI=1S/C20H22ClN3O/c21-17-6-8-18(9-7-17)24-15-22-19(25)20(24)10-12-23(13-11-20)14-16-4-2-1-3-5-16/h2,4-9,15H,1,3,10-14H2. The number of hydrogen-bond acceptors (Lipinski definition) is 3. The van der Waals surface area contributed by atoms with Gasteiger partial charge in [-0.25, -0.2) is 4.99 Å². The number of carbonyl (C=O) groups excluding carboxylic acids is 1. The fraction of sp³-hybridized carbons (Fsp3) is 0.400. The second kappa shape index (κ2) is 6.77. The van der Waals surface area contributed by atoms with Crippen molar-refractivity contribution in [1.29, 1.82) is 0 Å². The maximum Gasteiger partial charge on any atom is 0.273 e. The third kappa shape index (κ3) is 3.16. The number of piperidine rings is 1. The van der Waals surface area contributed by atoms with E-state index in [2.05, 4.69) is 28.1 Å². The van der Waals surface area contributed by atoms with Crippen molar-refractivity contribution in [1.82, 2.24) is 4.90 Å². The molecule has 1 aliphatic carbocycles. The Balaban J connectivity index is 1.48. The van der Waals surface area contributed by atoms with E-state index in [0.717, 1.165) is 51.0 Å². The van der Waals surface area contributed by atoms with Crippen LogP contribution < -0.4 is 4.90 Å². The Hall–Kier alpha value is -1.91. The summed E-state index contributed by atoms with van der Waals surface area (Å²) in [5.74, 6) is -0.0149. The van der Waals surface area contributed by atoms with Gasteiger partial charge in [-0.2, -0.15) is 0 Å². The van der Waals surface area contributed by atoms with Crippen LogP contribution in [0.25, 0.3) is 0 Å². The van der Waals surface area contributed by atoms with Crippen molar-refractivity contribution in [2.75, 3.05) is 24.5 Å². The summed E-state index contributed by atoms with van der Waals surface area (Å²) in [7, 11) is 0. The van der Waals surface area contributed by atoms with Gasteiger partial charge in [0, 0.05) is 30.3 Å². The Morgan fingerprint density at radius 2 is 1.88 bits per heavy atom. The van der Waals surface area contributed by atoms with Crippen molar-refractivity contribution >= 4 is 29.5 Å². The summed E-state index contributed by atoms with van der Waals surface area (Å²) in [6, 6.07) is 7.63. The summed E-state index contributed by atoms with van der Waals surface area (Å²) in [5, 5.41) is 0.698. The summed E-state index contributed by atoms with van der Waals surface area (Å²) in [5.41, 5.74) is 1.84. The molecule has 2 aliphatic heterocycles. The van der Waals surface area contributed by atoms with E-state index < -0.39 is 5.54 Å². The first-order valence-corrected chi connectivity index (χ1v) is 9.27. The number of carbonyl (C=O) groups is 1. The molecule has 130 valence electrons. The number of amides is 1. The minimum atomic E-state index is -0.527. The van der Waals surface area contributed by atoms with Crippen molar-refractivity contribution in [3.05, 3.63) is 53.1 Å². The number of hydrogen-bond donors (Lipinski definition) is 0. The molecule has 2 heterocycles. The molecule has 25 heavy (non-hydrogen) atoms. The van der Waals surface area contributed by atoms with Crippen molar-refractivity contribution in [2.45, 2.75) is 31.2 Å². The first-order valence-electron chi connectivity index (χ1n) is 8.89. The minimum absolute atomic E-state index is 0.0149. The fourth-order valence-electron chi connectivity index (χ4n) is 3.94. The highest BCUT2D eigenvalue weighted by molar-refractivity contribution is 6.30. The molecule has 0 saturated carbocycles. The van der Waals surface area contributed by atoms with Crippen LogP contribution in [0.15, 0.2) is 53.1 Å². The average Bonchev–Trinajstić information content (AvgIpc) is 2.95. The Kier molecular flexibility index (Phi) is 4.48. The van der Waals surface area contributed by atoms with Crippen LogP contribution in [0.1, 0.15) is 25.7 Å². The van der Waals surface area contributed by atoms with Gasteiger partial charge in [0.25, 0.3) is 5.91 Å². The summed E-state index contributed by atoms with van der Waals surface area (Å²) in [6.45, 7) is 2.79. The molecule has 0 aromatic heterocycles. The SMILES string of the molecule is O=C1N=CN(c2ccc(Cl)cc2)C12CCN(CC1=CCCC=C1)CC2. The van der Waals surface area contributed by atoms with Gasteiger partial charge in [-0.3, -0.25) is 9.69 Å². The monoisotopic (exact) mass is 355 g/mol. The highest BCUT2D eigenvalue weighted by atomic mass is 35.5. The molecule has 0 atom stereocenters. The number of rotatable bonds is 3. The highest BCUT2D eigenvalue weighted by Crippen LogP contribution is 2.37. The smallest absolute Gasteiger partial charge is 0.273 e. The van der Waals surface area contributed by atoms with Crippen molar-refractivity contribution in [2.24, 2.45) is 4.99 Å². The Labute approximate surface area is 153 Å². The fourth-order valence-corrected chi connectivity index (χ4v) is 4.06. The summed E-state index contributed by atoms with van der Waals surface area (Å²) in [6.07, 6.45) is 12.4. The highest BCUT2D eigenvalue weighted by Gasteiger charge is 2.49. The molecule has 1 fully saturated rings. The third-order valence-corrected chi connectivity index (χ3v) is 5.67. The van der Waals surface area contributed by atoms with Gasteiger partial charge >= 0.3 is 0 Å². The number of halogens is 1. The van der Waals surface area contributed by atoms with Crippen molar-refractivity contribution < 1.29 is 4.79 Å². The zero-order chi connectivity index (χ0) is 17.3. The van der Waals surface area contributed by atoms with Gasteiger partial charge in [0.15, 0.2) is 0 Å². The van der Waals surface area contributed by atoms with Crippen LogP contribution >= 0.6 is 11.6 Å². The van der Waals surface area contributed by atoms with Gasteiger partial charge in [-0.05, 0) is 55.5 Å². The van der Waals surface area contributed by atoms with Gasteiger partial charge < -0.3 is 4.90 Å². The molecular weight excluding hydrogens is 334 g/mol. The molecule has 1 aromatic carbocycles. The number of likely N-dealkylation sites (tertiary alicyclic amines) is 1. The normalized spacial score (nSPS) is 22.7. The van der Waals surface area contributed by atoms with Crippen LogP contribution in [-0.2, 0) is 4.79 Å². The summed E-state index contributed by atoms with van der Waals surface area (Å²) in [4.78, 5) is 21.2. The molecule has 1 saturated heterocycles. The minimum Gasteiger partial charge on any atom is -0.317 e. The molecule has 0 bridgehead atoms. The lowest BCUT2D eigenvalue weighted by Crippen LogP contribution is -2.56. The quantitative estimate of drug-likeness (QED) is 0.826. The van der Waals surface area contributed by atoms with Gasteiger partial charge in [0.05, 0.1) is 6.34 Å². The van der Waals surface area contributed by atoms with Crippen LogP contribution in [0.5, 0.6) is 0 Å². The Bertz CT molecular complexity index is 743. The zero-order valence-electron chi connectivity index (χ0n) is 14.2. The van der Waals surface area contributed by atoms with Crippen LogP contribution in [0.2, 0.25) is 5.02 Å². The predicted molar refractivity (Wildman–Crippen MR) is 102 cm³/mol. The number of aliphatic imine (C=N–C) groups is 1. The van der Waals surface area contributed by atoms with Gasteiger partial charge in [-0.1, -0.05) is 29.8 Å². The predicted octanol–water partition coefficient (Wildman–Crippen LogP) is 3.83. The van der Waals surface area contributed by atoms with E-state index in [-0.39, 0.29) is 5.91 Å².